The molecule has 0 spiro atoms. The Bertz CT molecular complexity index is 582. The predicted molar refractivity (Wildman–Crippen MR) is 91.3 cm³/mol. The number of ether oxygens (including phenoxy) is 1. The fourth-order valence-electron chi connectivity index (χ4n) is 1.89. The number of hydrogen-bond acceptors (Lipinski definition) is 5. The number of hydrogen-bond donors (Lipinski definition) is 0. The van der Waals surface area contributed by atoms with E-state index in [-0.39, 0.29) is 24.9 Å². The Morgan fingerprint density at radius 3 is 2.26 bits per heavy atom. The molecule has 0 saturated heterocycles. The number of benzene rings is 1. The topological polar surface area (TPSA) is 61.8 Å². The molecule has 0 N–H and O–H groups in total. The Kier molecular flexibility index (Phi) is 8.56. The van der Waals surface area contributed by atoms with Gasteiger partial charge in [-0.2, -0.15) is 0 Å². The van der Waals surface area contributed by atoms with Crippen LogP contribution in [0.25, 0.3) is 6.08 Å². The molecule has 0 atom stereocenters. The van der Waals surface area contributed by atoms with Crippen LogP contribution in [0.5, 0.6) is 0 Å². The molecule has 0 unspecified atom stereocenters. The first-order chi connectivity index (χ1) is 11.0. The predicted octanol–water partition coefficient (Wildman–Crippen LogP) is 4.07. The molecule has 5 nitrogen and oxygen atoms in total. The zero-order valence-electron chi connectivity index (χ0n) is 13.7. The van der Waals surface area contributed by atoms with E-state index in [2.05, 4.69) is 0 Å². The van der Waals surface area contributed by atoms with Crippen LogP contribution in [-0.2, 0) is 23.1 Å². The maximum Gasteiger partial charge on any atom is 0.335 e. The molecule has 0 heterocycles. The van der Waals surface area contributed by atoms with Crippen LogP contribution >= 0.6 is 7.60 Å². The second kappa shape index (κ2) is 10.2. The van der Waals surface area contributed by atoms with E-state index in [1.54, 1.807) is 26.0 Å². The third-order valence-electron chi connectivity index (χ3n) is 2.85. The van der Waals surface area contributed by atoms with Crippen LogP contribution in [0.15, 0.2) is 48.1 Å². The maximum absolute atomic E-state index is 12.6. The highest BCUT2D eigenvalue weighted by Crippen LogP contribution is 2.49. The van der Waals surface area contributed by atoms with E-state index in [0.717, 1.165) is 5.56 Å². The van der Waals surface area contributed by atoms with E-state index >= 15 is 0 Å². The summed E-state index contributed by atoms with van der Waals surface area (Å²) >= 11 is 0. The van der Waals surface area contributed by atoms with Crippen molar-refractivity contribution < 1.29 is 23.1 Å². The lowest BCUT2D eigenvalue weighted by Gasteiger charge is -2.17. The van der Waals surface area contributed by atoms with Gasteiger partial charge in [0.05, 0.1) is 26.5 Å². The van der Waals surface area contributed by atoms with Gasteiger partial charge in [-0.15, -0.1) is 0 Å². The van der Waals surface area contributed by atoms with E-state index in [1.165, 1.54) is 7.11 Å². The number of allylic oxidation sites excluding steroid dienone is 2. The van der Waals surface area contributed by atoms with Gasteiger partial charge in [0.1, 0.15) is 0 Å². The Labute approximate surface area is 137 Å². The molecule has 0 saturated carbocycles. The van der Waals surface area contributed by atoms with Gasteiger partial charge in [0.25, 0.3) is 0 Å². The Morgan fingerprint density at radius 1 is 1.13 bits per heavy atom. The average molecular weight is 338 g/mol. The maximum atomic E-state index is 12.6. The molecule has 0 radical (unpaired) electrons. The molecule has 1 aromatic carbocycles. The molecular formula is C17H23O5P. The summed E-state index contributed by atoms with van der Waals surface area (Å²) in [4.78, 5) is 11.9. The van der Waals surface area contributed by atoms with Gasteiger partial charge >= 0.3 is 13.6 Å². The molecule has 0 fully saturated rings. The van der Waals surface area contributed by atoms with Crippen molar-refractivity contribution in [1.29, 1.82) is 0 Å². The molecule has 0 aromatic heterocycles. The largest absolute Gasteiger partial charge is 0.466 e. The molecule has 0 amide bonds. The van der Waals surface area contributed by atoms with Crippen LogP contribution in [0.4, 0.5) is 0 Å². The van der Waals surface area contributed by atoms with Crippen LogP contribution in [-0.4, -0.2) is 32.5 Å². The lowest BCUT2D eigenvalue weighted by atomic mass is 10.2. The van der Waals surface area contributed by atoms with Crippen LogP contribution < -0.4 is 0 Å². The summed E-state index contributed by atoms with van der Waals surface area (Å²) < 4.78 is 27.7. The first-order valence-electron chi connectivity index (χ1n) is 7.43. The van der Waals surface area contributed by atoms with Crippen LogP contribution in [0.2, 0.25) is 0 Å². The standard InChI is InChI=1S/C17H23O5P/c1-4-21-23(19,22-5-2)14-16(17(18)20-3)13-9-12-15-10-7-6-8-11-15/h6-13H,4-5,14H2,1-3H3/b12-9+,16-13+. The minimum Gasteiger partial charge on any atom is -0.466 e. The number of carbonyl (C=O) groups is 1. The summed E-state index contributed by atoms with van der Waals surface area (Å²) in [5.74, 6) is -0.553. The van der Waals surface area contributed by atoms with E-state index in [1.807, 2.05) is 36.4 Å². The van der Waals surface area contributed by atoms with Gasteiger partial charge in [0.2, 0.25) is 0 Å². The normalized spacial score (nSPS) is 12.6. The van der Waals surface area contributed by atoms with Crippen molar-refractivity contribution in [2.24, 2.45) is 0 Å². The van der Waals surface area contributed by atoms with Crippen LogP contribution in [0, 0.1) is 0 Å². The Balaban J connectivity index is 2.95. The number of esters is 1. The molecule has 0 aliphatic heterocycles. The smallest absolute Gasteiger partial charge is 0.335 e. The second-order valence-electron chi connectivity index (χ2n) is 4.56. The summed E-state index contributed by atoms with van der Waals surface area (Å²) in [5.41, 5.74) is 1.23. The quantitative estimate of drug-likeness (QED) is 0.294. The van der Waals surface area contributed by atoms with Crippen molar-refractivity contribution in [2.45, 2.75) is 13.8 Å². The molecule has 0 bridgehead atoms. The highest BCUT2D eigenvalue weighted by atomic mass is 31.2. The van der Waals surface area contributed by atoms with Gasteiger partial charge in [0.15, 0.2) is 0 Å². The number of carbonyl (C=O) groups excluding carboxylic acids is 1. The van der Waals surface area contributed by atoms with Gasteiger partial charge < -0.3 is 13.8 Å². The average Bonchev–Trinajstić information content (AvgIpc) is 2.54. The monoisotopic (exact) mass is 338 g/mol. The molecule has 1 rings (SSSR count). The summed E-state index contributed by atoms with van der Waals surface area (Å²) in [6.07, 6.45) is 5.00. The van der Waals surface area contributed by atoms with Crippen LogP contribution in [0.1, 0.15) is 19.4 Å². The van der Waals surface area contributed by atoms with E-state index in [4.69, 9.17) is 13.8 Å². The SMILES string of the molecule is CCOP(=O)(C/C(=C\C=C\c1ccccc1)C(=O)OC)OCC. The van der Waals surface area contributed by atoms with Crippen molar-refractivity contribution in [3.05, 3.63) is 53.6 Å². The van der Waals surface area contributed by atoms with Crippen molar-refractivity contribution in [2.75, 3.05) is 26.5 Å². The van der Waals surface area contributed by atoms with E-state index in [9.17, 15) is 9.36 Å². The zero-order chi connectivity index (χ0) is 17.1. The molecule has 1 aromatic rings. The van der Waals surface area contributed by atoms with E-state index in [0.29, 0.717) is 0 Å². The van der Waals surface area contributed by atoms with Gasteiger partial charge in [0, 0.05) is 5.57 Å². The molecule has 0 aliphatic carbocycles. The zero-order valence-corrected chi connectivity index (χ0v) is 14.6. The summed E-state index contributed by atoms with van der Waals surface area (Å²) in [6, 6.07) is 9.64. The lowest BCUT2D eigenvalue weighted by molar-refractivity contribution is -0.136. The number of methoxy groups -OCH3 is 1. The van der Waals surface area contributed by atoms with Crippen molar-refractivity contribution in [1.82, 2.24) is 0 Å². The first-order valence-corrected chi connectivity index (χ1v) is 9.16. The lowest BCUT2D eigenvalue weighted by Crippen LogP contribution is -2.11. The van der Waals surface area contributed by atoms with Crippen molar-refractivity contribution >= 4 is 19.6 Å². The van der Waals surface area contributed by atoms with E-state index < -0.39 is 13.6 Å². The Morgan fingerprint density at radius 2 is 1.74 bits per heavy atom. The minimum atomic E-state index is -3.36. The second-order valence-corrected chi connectivity index (χ2v) is 6.61. The minimum absolute atomic E-state index is 0.125. The molecule has 23 heavy (non-hydrogen) atoms. The fraction of sp³-hybridized carbons (Fsp3) is 0.353. The third-order valence-corrected chi connectivity index (χ3v) is 4.88. The summed E-state index contributed by atoms with van der Waals surface area (Å²) in [7, 11) is -2.08. The van der Waals surface area contributed by atoms with Gasteiger partial charge in [-0.25, -0.2) is 4.79 Å². The molecule has 0 aliphatic rings. The Hall–Kier alpha value is -1.68. The highest BCUT2D eigenvalue weighted by Gasteiger charge is 2.28. The molecule has 126 valence electrons. The first kappa shape index (κ1) is 19.4. The van der Waals surface area contributed by atoms with Crippen molar-refractivity contribution in [3.8, 4) is 0 Å². The summed E-state index contributed by atoms with van der Waals surface area (Å²) in [6.45, 7) is 3.93. The van der Waals surface area contributed by atoms with Gasteiger partial charge in [-0.05, 0) is 19.4 Å². The van der Waals surface area contributed by atoms with Gasteiger partial charge in [-0.3, -0.25) is 4.57 Å². The summed E-state index contributed by atoms with van der Waals surface area (Å²) in [5, 5.41) is 0. The molecular weight excluding hydrogens is 315 g/mol. The van der Waals surface area contributed by atoms with Gasteiger partial charge in [-0.1, -0.05) is 48.6 Å². The van der Waals surface area contributed by atoms with Crippen molar-refractivity contribution in [3.63, 3.8) is 0 Å². The highest BCUT2D eigenvalue weighted by molar-refractivity contribution is 7.54. The third kappa shape index (κ3) is 6.95. The fourth-order valence-corrected chi connectivity index (χ4v) is 3.58. The van der Waals surface area contributed by atoms with Crippen LogP contribution in [0.3, 0.4) is 0 Å². The molecule has 6 heteroatoms. The number of rotatable bonds is 9.